The van der Waals surface area contributed by atoms with Crippen LogP contribution in [0.25, 0.3) is 0 Å². The van der Waals surface area contributed by atoms with Gasteiger partial charge in [0.05, 0.1) is 6.61 Å². The molecule has 0 spiro atoms. The van der Waals surface area contributed by atoms with Crippen LogP contribution >= 0.6 is 0 Å². The maximum absolute atomic E-state index is 11.7. The van der Waals surface area contributed by atoms with Gasteiger partial charge in [-0.2, -0.15) is 0 Å². The SMILES string of the molecule is O=C1CCC[C@@H]2c3ccccc3CO[C@H]12. The Balaban J connectivity index is 2.02. The molecule has 0 aromatic heterocycles. The smallest absolute Gasteiger partial charge is 0.162 e. The zero-order chi connectivity index (χ0) is 10.3. The van der Waals surface area contributed by atoms with E-state index in [0.29, 0.717) is 24.7 Å². The van der Waals surface area contributed by atoms with Crippen LogP contribution in [0.2, 0.25) is 0 Å². The molecule has 0 bridgehead atoms. The van der Waals surface area contributed by atoms with Gasteiger partial charge in [0.25, 0.3) is 0 Å². The molecule has 15 heavy (non-hydrogen) atoms. The van der Waals surface area contributed by atoms with Crippen molar-refractivity contribution in [3.8, 4) is 0 Å². The highest BCUT2D eigenvalue weighted by Gasteiger charge is 2.37. The molecule has 2 nitrogen and oxygen atoms in total. The van der Waals surface area contributed by atoms with Crippen molar-refractivity contribution in [2.75, 3.05) is 0 Å². The van der Waals surface area contributed by atoms with Gasteiger partial charge in [-0.05, 0) is 24.0 Å². The molecule has 1 aliphatic heterocycles. The molecule has 0 N–H and O–H groups in total. The Bertz CT molecular complexity index is 397. The lowest BCUT2D eigenvalue weighted by Gasteiger charge is -2.35. The second-order valence-corrected chi connectivity index (χ2v) is 4.40. The quantitative estimate of drug-likeness (QED) is 0.645. The fourth-order valence-corrected chi connectivity index (χ4v) is 2.75. The van der Waals surface area contributed by atoms with Gasteiger partial charge >= 0.3 is 0 Å². The van der Waals surface area contributed by atoms with Crippen molar-refractivity contribution in [3.05, 3.63) is 35.4 Å². The minimum absolute atomic E-state index is 0.159. The van der Waals surface area contributed by atoms with Crippen molar-refractivity contribution in [3.63, 3.8) is 0 Å². The lowest BCUT2D eigenvalue weighted by atomic mass is 9.78. The predicted octanol–water partition coefficient (Wildman–Crippen LogP) is 2.42. The first-order valence-corrected chi connectivity index (χ1v) is 5.58. The number of Topliss-reactive ketones (excluding diaryl/α,β-unsaturated/α-hetero) is 1. The van der Waals surface area contributed by atoms with Gasteiger partial charge in [0.2, 0.25) is 0 Å². The van der Waals surface area contributed by atoms with Gasteiger partial charge in [0.1, 0.15) is 6.10 Å². The van der Waals surface area contributed by atoms with E-state index in [0.717, 1.165) is 12.8 Å². The molecule has 1 aromatic rings. The van der Waals surface area contributed by atoms with Crippen LogP contribution in [0.5, 0.6) is 0 Å². The normalized spacial score (nSPS) is 29.5. The lowest BCUT2D eigenvalue weighted by Crippen LogP contribution is -2.38. The molecular weight excluding hydrogens is 188 g/mol. The van der Waals surface area contributed by atoms with Crippen LogP contribution < -0.4 is 0 Å². The maximum atomic E-state index is 11.7. The molecule has 2 atom stereocenters. The van der Waals surface area contributed by atoms with E-state index >= 15 is 0 Å². The monoisotopic (exact) mass is 202 g/mol. The van der Waals surface area contributed by atoms with Crippen LogP contribution in [0, 0.1) is 0 Å². The molecule has 2 heteroatoms. The molecular formula is C13H14O2. The molecule has 0 radical (unpaired) electrons. The number of hydrogen-bond acceptors (Lipinski definition) is 2. The van der Waals surface area contributed by atoms with E-state index in [4.69, 9.17) is 4.74 Å². The van der Waals surface area contributed by atoms with Crippen LogP contribution in [-0.4, -0.2) is 11.9 Å². The van der Waals surface area contributed by atoms with Gasteiger partial charge in [0.15, 0.2) is 5.78 Å². The molecule has 0 unspecified atom stereocenters. The lowest BCUT2D eigenvalue weighted by molar-refractivity contribution is -0.137. The third-order valence-corrected chi connectivity index (χ3v) is 3.49. The zero-order valence-electron chi connectivity index (χ0n) is 8.61. The molecule has 1 heterocycles. The number of benzene rings is 1. The van der Waals surface area contributed by atoms with E-state index in [-0.39, 0.29) is 6.10 Å². The summed E-state index contributed by atoms with van der Waals surface area (Å²) in [5.74, 6) is 0.608. The summed E-state index contributed by atoms with van der Waals surface area (Å²) in [5, 5.41) is 0. The molecule has 1 fully saturated rings. The van der Waals surface area contributed by atoms with Crippen LogP contribution in [0.1, 0.15) is 36.3 Å². The Morgan fingerprint density at radius 3 is 3.07 bits per heavy atom. The summed E-state index contributed by atoms with van der Waals surface area (Å²) < 4.78 is 5.67. The Morgan fingerprint density at radius 1 is 1.27 bits per heavy atom. The first kappa shape index (κ1) is 9.10. The third kappa shape index (κ3) is 1.40. The third-order valence-electron chi connectivity index (χ3n) is 3.49. The molecule has 0 saturated heterocycles. The largest absolute Gasteiger partial charge is 0.365 e. The Morgan fingerprint density at radius 2 is 2.13 bits per heavy atom. The maximum Gasteiger partial charge on any atom is 0.162 e. The fraction of sp³-hybridized carbons (Fsp3) is 0.462. The van der Waals surface area contributed by atoms with Crippen molar-refractivity contribution in [1.29, 1.82) is 0 Å². The van der Waals surface area contributed by atoms with E-state index in [1.54, 1.807) is 0 Å². The van der Waals surface area contributed by atoms with E-state index in [2.05, 4.69) is 18.2 Å². The molecule has 1 saturated carbocycles. The van der Waals surface area contributed by atoms with Gasteiger partial charge < -0.3 is 4.74 Å². The topological polar surface area (TPSA) is 26.3 Å². The Kier molecular flexibility index (Phi) is 2.10. The van der Waals surface area contributed by atoms with Gasteiger partial charge in [-0.25, -0.2) is 0 Å². The summed E-state index contributed by atoms with van der Waals surface area (Å²) in [6.07, 6.45) is 2.64. The number of hydrogen-bond donors (Lipinski definition) is 0. The minimum atomic E-state index is -0.159. The standard InChI is InChI=1S/C13H14O2/c14-12-7-3-6-11-10-5-2-1-4-9(10)8-15-13(11)12/h1-2,4-5,11,13H,3,6-8H2/t11-,13+/m1/s1. The molecule has 3 rings (SSSR count). The number of fused-ring (bicyclic) bond motifs is 3. The molecule has 1 aromatic carbocycles. The second kappa shape index (κ2) is 3.46. The summed E-state index contributed by atoms with van der Waals surface area (Å²) in [6.45, 7) is 0.600. The van der Waals surface area contributed by atoms with E-state index in [1.165, 1.54) is 11.1 Å². The number of carbonyl (C=O) groups excluding carboxylic acids is 1. The van der Waals surface area contributed by atoms with Crippen LogP contribution in [0.15, 0.2) is 24.3 Å². The van der Waals surface area contributed by atoms with E-state index in [1.807, 2.05) is 6.07 Å². The predicted molar refractivity (Wildman–Crippen MR) is 56.6 cm³/mol. The number of carbonyl (C=O) groups is 1. The minimum Gasteiger partial charge on any atom is -0.365 e. The molecule has 1 aliphatic carbocycles. The average Bonchev–Trinajstić information content (AvgIpc) is 2.29. The van der Waals surface area contributed by atoms with E-state index in [9.17, 15) is 4.79 Å². The molecule has 2 aliphatic rings. The first-order chi connectivity index (χ1) is 7.36. The fourth-order valence-electron chi connectivity index (χ4n) is 2.75. The van der Waals surface area contributed by atoms with Gasteiger partial charge in [-0.1, -0.05) is 24.3 Å². The summed E-state index contributed by atoms with van der Waals surface area (Å²) in [5.41, 5.74) is 2.59. The first-order valence-electron chi connectivity index (χ1n) is 5.58. The van der Waals surface area contributed by atoms with Crippen molar-refractivity contribution >= 4 is 5.78 Å². The summed E-state index contributed by atoms with van der Waals surface area (Å²) in [7, 11) is 0. The van der Waals surface area contributed by atoms with Crippen molar-refractivity contribution in [2.45, 2.75) is 37.9 Å². The average molecular weight is 202 g/mol. The highest BCUT2D eigenvalue weighted by molar-refractivity contribution is 5.85. The number of rotatable bonds is 0. The summed E-state index contributed by atoms with van der Waals surface area (Å²) in [6, 6.07) is 8.34. The summed E-state index contributed by atoms with van der Waals surface area (Å²) >= 11 is 0. The van der Waals surface area contributed by atoms with Gasteiger partial charge in [-0.3, -0.25) is 4.79 Å². The Labute approximate surface area is 89.2 Å². The van der Waals surface area contributed by atoms with Crippen LogP contribution in [0.4, 0.5) is 0 Å². The highest BCUT2D eigenvalue weighted by Crippen LogP contribution is 2.38. The highest BCUT2D eigenvalue weighted by atomic mass is 16.5. The Hall–Kier alpha value is -1.15. The van der Waals surface area contributed by atoms with Gasteiger partial charge in [-0.15, -0.1) is 0 Å². The van der Waals surface area contributed by atoms with Gasteiger partial charge in [0, 0.05) is 12.3 Å². The van der Waals surface area contributed by atoms with Crippen LogP contribution in [-0.2, 0) is 16.1 Å². The van der Waals surface area contributed by atoms with Crippen LogP contribution in [0.3, 0.4) is 0 Å². The number of ketones is 1. The van der Waals surface area contributed by atoms with Crippen molar-refractivity contribution in [1.82, 2.24) is 0 Å². The second-order valence-electron chi connectivity index (χ2n) is 4.40. The number of ether oxygens (including phenoxy) is 1. The molecule has 0 amide bonds. The summed E-state index contributed by atoms with van der Waals surface area (Å²) in [4.78, 5) is 11.7. The van der Waals surface area contributed by atoms with Crippen molar-refractivity contribution < 1.29 is 9.53 Å². The van der Waals surface area contributed by atoms with Crippen molar-refractivity contribution in [2.24, 2.45) is 0 Å². The molecule has 78 valence electrons. The zero-order valence-corrected chi connectivity index (χ0v) is 8.61. The van der Waals surface area contributed by atoms with E-state index < -0.39 is 0 Å².